The van der Waals surface area contributed by atoms with Gasteiger partial charge in [0.05, 0.1) is 0 Å². The van der Waals surface area contributed by atoms with Gasteiger partial charge in [0.1, 0.15) is 6.04 Å². The van der Waals surface area contributed by atoms with Gasteiger partial charge in [-0.05, 0) is 12.8 Å². The van der Waals surface area contributed by atoms with Crippen LogP contribution in [0.25, 0.3) is 0 Å². The van der Waals surface area contributed by atoms with E-state index in [1.165, 1.54) is 7.05 Å². The number of rotatable bonds is 1. The Morgan fingerprint density at radius 2 is 2.29 bits per heavy atom. The lowest BCUT2D eigenvalue weighted by atomic mass is 10.2. The Morgan fingerprint density at radius 1 is 1.64 bits per heavy atom. The fourth-order valence-electron chi connectivity index (χ4n) is 1.53. The van der Waals surface area contributed by atoms with Gasteiger partial charge in [-0.2, -0.15) is 5.26 Å². The molecule has 0 bridgehead atoms. The Balaban J connectivity index is 2.73. The molecule has 0 aromatic heterocycles. The first-order valence-corrected chi connectivity index (χ1v) is 4.24. The molecule has 1 fully saturated rings. The molecular weight excluding hydrogens is 186 g/mol. The van der Waals surface area contributed by atoms with E-state index in [1.54, 1.807) is 6.19 Å². The van der Waals surface area contributed by atoms with E-state index in [-0.39, 0.29) is 0 Å². The number of carboxylic acid groups (broad SMARTS) is 1. The minimum atomic E-state index is -1.10. The zero-order valence-corrected chi connectivity index (χ0v) is 7.80. The molecule has 0 aromatic rings. The van der Waals surface area contributed by atoms with Crippen molar-refractivity contribution < 1.29 is 14.7 Å². The molecule has 14 heavy (non-hydrogen) atoms. The first-order valence-electron chi connectivity index (χ1n) is 4.24. The van der Waals surface area contributed by atoms with Gasteiger partial charge in [0.15, 0.2) is 6.19 Å². The molecule has 0 unspecified atom stereocenters. The number of amides is 2. The predicted octanol–water partition coefficient (Wildman–Crippen LogP) is 0.0683. The van der Waals surface area contributed by atoms with Crippen LogP contribution in [0.4, 0.5) is 4.79 Å². The van der Waals surface area contributed by atoms with Crippen LogP contribution >= 0.6 is 0 Å². The Kier molecular flexibility index (Phi) is 2.92. The van der Waals surface area contributed by atoms with Crippen LogP contribution in [0.3, 0.4) is 0 Å². The molecule has 0 spiro atoms. The first-order chi connectivity index (χ1) is 6.57. The summed E-state index contributed by atoms with van der Waals surface area (Å²) in [7, 11) is 1.33. The van der Waals surface area contributed by atoms with Crippen LogP contribution in [0.15, 0.2) is 0 Å². The molecule has 0 aromatic carbocycles. The standard InChI is InChI=1S/C8H11N3O3/c1-10(5-9)7(12)6-3-2-4-11(6)8(13)14/h6H,2-4H2,1H3,(H,13,14)/t6-/m1/s1. The van der Waals surface area contributed by atoms with E-state index in [2.05, 4.69) is 0 Å². The van der Waals surface area contributed by atoms with Crippen molar-refractivity contribution in [2.75, 3.05) is 13.6 Å². The van der Waals surface area contributed by atoms with Gasteiger partial charge in [0.2, 0.25) is 0 Å². The number of hydrogen-bond donors (Lipinski definition) is 1. The molecule has 1 aliphatic rings. The Morgan fingerprint density at radius 3 is 2.79 bits per heavy atom. The van der Waals surface area contributed by atoms with Crippen molar-refractivity contribution in [3.05, 3.63) is 0 Å². The average molecular weight is 197 g/mol. The highest BCUT2D eigenvalue weighted by Gasteiger charge is 2.35. The molecule has 6 heteroatoms. The second-order valence-electron chi connectivity index (χ2n) is 3.13. The number of nitriles is 1. The monoisotopic (exact) mass is 197 g/mol. The second kappa shape index (κ2) is 3.96. The van der Waals surface area contributed by atoms with Gasteiger partial charge in [-0.3, -0.25) is 14.6 Å². The van der Waals surface area contributed by atoms with Gasteiger partial charge >= 0.3 is 6.09 Å². The van der Waals surface area contributed by atoms with Crippen LogP contribution in [0.1, 0.15) is 12.8 Å². The maximum absolute atomic E-state index is 11.5. The van der Waals surface area contributed by atoms with Crippen molar-refractivity contribution in [1.82, 2.24) is 9.80 Å². The molecule has 0 radical (unpaired) electrons. The highest BCUT2D eigenvalue weighted by Crippen LogP contribution is 2.18. The third kappa shape index (κ3) is 1.76. The fraction of sp³-hybridized carbons (Fsp3) is 0.625. The maximum atomic E-state index is 11.5. The molecule has 0 saturated carbocycles. The van der Waals surface area contributed by atoms with Crippen LogP contribution in [0.2, 0.25) is 0 Å². The third-order valence-corrected chi connectivity index (χ3v) is 2.26. The van der Waals surface area contributed by atoms with Crippen LogP contribution in [-0.2, 0) is 4.79 Å². The Labute approximate surface area is 81.3 Å². The van der Waals surface area contributed by atoms with Gasteiger partial charge < -0.3 is 5.11 Å². The first kappa shape index (κ1) is 10.3. The molecule has 6 nitrogen and oxygen atoms in total. The summed E-state index contributed by atoms with van der Waals surface area (Å²) in [4.78, 5) is 24.1. The zero-order chi connectivity index (χ0) is 10.7. The van der Waals surface area contributed by atoms with Gasteiger partial charge in [0, 0.05) is 13.6 Å². The number of carbonyl (C=O) groups excluding carboxylic acids is 1. The Hall–Kier alpha value is -1.77. The highest BCUT2D eigenvalue weighted by molar-refractivity contribution is 5.86. The molecule has 1 atom stereocenters. The number of likely N-dealkylation sites (tertiary alicyclic amines) is 1. The van der Waals surface area contributed by atoms with Crippen LogP contribution in [0.5, 0.6) is 0 Å². The Bertz CT molecular complexity index is 297. The summed E-state index contributed by atoms with van der Waals surface area (Å²) in [6, 6.07) is -0.683. The van der Waals surface area contributed by atoms with Crippen molar-refractivity contribution in [3.63, 3.8) is 0 Å². The molecule has 1 heterocycles. The summed E-state index contributed by atoms with van der Waals surface area (Å²) in [5, 5.41) is 17.2. The van der Waals surface area contributed by atoms with Crippen molar-refractivity contribution in [2.24, 2.45) is 0 Å². The number of nitrogens with zero attached hydrogens (tertiary/aromatic N) is 3. The lowest BCUT2D eigenvalue weighted by Gasteiger charge is -2.21. The van der Waals surface area contributed by atoms with E-state index >= 15 is 0 Å². The van der Waals surface area contributed by atoms with Crippen molar-refractivity contribution >= 4 is 12.0 Å². The van der Waals surface area contributed by atoms with E-state index in [0.29, 0.717) is 19.4 Å². The predicted molar refractivity (Wildman–Crippen MR) is 46.1 cm³/mol. The fourth-order valence-corrected chi connectivity index (χ4v) is 1.53. The zero-order valence-electron chi connectivity index (χ0n) is 7.80. The quantitative estimate of drug-likeness (QED) is 0.476. The van der Waals surface area contributed by atoms with E-state index in [1.807, 2.05) is 0 Å². The van der Waals surface area contributed by atoms with E-state index < -0.39 is 18.0 Å². The minimum absolute atomic E-state index is 0.366. The normalized spacial score (nSPS) is 20.3. The maximum Gasteiger partial charge on any atom is 0.407 e. The van der Waals surface area contributed by atoms with Gasteiger partial charge in [-0.1, -0.05) is 0 Å². The molecule has 76 valence electrons. The molecular formula is C8H11N3O3. The summed E-state index contributed by atoms with van der Waals surface area (Å²) < 4.78 is 0. The molecule has 1 rings (SSSR count). The SMILES string of the molecule is CN(C#N)C(=O)[C@H]1CCCN1C(=O)O. The average Bonchev–Trinajstić information content (AvgIpc) is 2.63. The molecule has 1 N–H and O–H groups in total. The summed E-state index contributed by atoms with van der Waals surface area (Å²) in [6.45, 7) is 0.366. The molecule has 1 aliphatic heterocycles. The number of hydrogen-bond acceptors (Lipinski definition) is 3. The minimum Gasteiger partial charge on any atom is -0.465 e. The molecule has 0 aliphatic carbocycles. The van der Waals surface area contributed by atoms with Crippen molar-refractivity contribution in [2.45, 2.75) is 18.9 Å². The smallest absolute Gasteiger partial charge is 0.407 e. The largest absolute Gasteiger partial charge is 0.465 e. The van der Waals surface area contributed by atoms with Crippen LogP contribution in [0, 0.1) is 11.5 Å². The van der Waals surface area contributed by atoms with E-state index in [0.717, 1.165) is 9.80 Å². The van der Waals surface area contributed by atoms with Crippen LogP contribution in [-0.4, -0.2) is 46.5 Å². The third-order valence-electron chi connectivity index (χ3n) is 2.26. The van der Waals surface area contributed by atoms with Gasteiger partial charge in [-0.15, -0.1) is 0 Å². The van der Waals surface area contributed by atoms with Crippen LogP contribution < -0.4 is 0 Å². The summed E-state index contributed by atoms with van der Waals surface area (Å²) >= 11 is 0. The highest BCUT2D eigenvalue weighted by atomic mass is 16.4. The lowest BCUT2D eigenvalue weighted by molar-refractivity contribution is -0.131. The van der Waals surface area contributed by atoms with Gasteiger partial charge in [0.25, 0.3) is 5.91 Å². The summed E-state index contributed by atoms with van der Waals surface area (Å²) in [6.07, 6.45) is 1.73. The summed E-state index contributed by atoms with van der Waals surface area (Å²) in [5.74, 6) is -0.451. The summed E-state index contributed by atoms with van der Waals surface area (Å²) in [5.41, 5.74) is 0. The van der Waals surface area contributed by atoms with Crippen molar-refractivity contribution in [3.8, 4) is 6.19 Å². The van der Waals surface area contributed by atoms with E-state index in [9.17, 15) is 9.59 Å². The number of carbonyl (C=O) groups is 2. The van der Waals surface area contributed by atoms with E-state index in [4.69, 9.17) is 10.4 Å². The lowest BCUT2D eigenvalue weighted by Crippen LogP contribution is -2.44. The van der Waals surface area contributed by atoms with Crippen molar-refractivity contribution in [1.29, 1.82) is 5.26 Å². The van der Waals surface area contributed by atoms with Gasteiger partial charge in [-0.25, -0.2) is 4.79 Å². The number of likely N-dealkylation sites (N-methyl/N-ethyl adjacent to an activating group) is 1. The molecule has 1 saturated heterocycles. The molecule has 2 amide bonds. The topological polar surface area (TPSA) is 84.6 Å². The second-order valence-corrected chi connectivity index (χ2v) is 3.13.